The number of nitrogens with one attached hydrogen (secondary N) is 2. The number of carbonyl (C=O) groups is 2. The number of hydrogen-bond acceptors (Lipinski definition) is 6. The fraction of sp³-hybridized carbons (Fsp3) is 0.300. The van der Waals surface area contributed by atoms with Crippen molar-refractivity contribution in [3.05, 3.63) is 59.9 Å². The third-order valence-corrected chi connectivity index (χ3v) is 6.52. The largest absolute Gasteiger partial charge is 0.497 e. The SMILES string of the molecule is COc1ccc(S(=O)(=O)N2CCO[C@H]2CNC(=O)C(=O)NCc2ccc(F)cc2)cc1. The molecule has 1 saturated heterocycles. The fourth-order valence-corrected chi connectivity index (χ4v) is 4.46. The number of rotatable bonds is 7. The first-order valence-corrected chi connectivity index (χ1v) is 10.8. The van der Waals surface area contributed by atoms with E-state index in [-0.39, 0.29) is 31.1 Å². The van der Waals surface area contributed by atoms with Crippen LogP contribution in [0.3, 0.4) is 0 Å². The molecule has 11 heteroatoms. The van der Waals surface area contributed by atoms with Gasteiger partial charge in [0.15, 0.2) is 0 Å². The maximum Gasteiger partial charge on any atom is 0.309 e. The van der Waals surface area contributed by atoms with Gasteiger partial charge in [-0.05, 0) is 42.0 Å². The smallest absolute Gasteiger partial charge is 0.309 e. The van der Waals surface area contributed by atoms with Crippen LogP contribution in [0.25, 0.3) is 0 Å². The Kier molecular flexibility index (Phi) is 7.21. The predicted molar refractivity (Wildman–Crippen MR) is 108 cm³/mol. The lowest BCUT2D eigenvalue weighted by Crippen LogP contribution is -2.47. The Balaban J connectivity index is 1.55. The van der Waals surface area contributed by atoms with Crippen LogP contribution in [-0.4, -0.2) is 57.6 Å². The number of benzene rings is 2. The van der Waals surface area contributed by atoms with Gasteiger partial charge in [-0.15, -0.1) is 0 Å². The van der Waals surface area contributed by atoms with Gasteiger partial charge in [0, 0.05) is 13.1 Å². The predicted octanol–water partition coefficient (Wildman–Crippen LogP) is 0.614. The summed E-state index contributed by atoms with van der Waals surface area (Å²) in [6, 6.07) is 11.4. The molecular weight excluding hydrogens is 429 g/mol. The van der Waals surface area contributed by atoms with Crippen LogP contribution in [-0.2, 0) is 30.9 Å². The third-order valence-electron chi connectivity index (χ3n) is 4.62. The van der Waals surface area contributed by atoms with Crippen molar-refractivity contribution in [1.29, 1.82) is 0 Å². The number of sulfonamides is 1. The van der Waals surface area contributed by atoms with Crippen LogP contribution < -0.4 is 15.4 Å². The Morgan fingerprint density at radius 2 is 1.74 bits per heavy atom. The number of amides is 2. The average Bonchev–Trinajstić information content (AvgIpc) is 3.26. The molecule has 2 aromatic carbocycles. The highest BCUT2D eigenvalue weighted by Crippen LogP contribution is 2.23. The molecule has 3 rings (SSSR count). The molecule has 0 saturated carbocycles. The molecule has 9 nitrogen and oxygen atoms in total. The van der Waals surface area contributed by atoms with Crippen molar-refractivity contribution in [3.8, 4) is 5.75 Å². The summed E-state index contributed by atoms with van der Waals surface area (Å²) in [5.41, 5.74) is 0.624. The van der Waals surface area contributed by atoms with E-state index in [2.05, 4.69) is 10.6 Å². The van der Waals surface area contributed by atoms with Gasteiger partial charge in [0.25, 0.3) is 0 Å². The van der Waals surface area contributed by atoms with Crippen molar-refractivity contribution >= 4 is 21.8 Å². The third kappa shape index (κ3) is 5.57. The Bertz CT molecular complexity index is 1030. The lowest BCUT2D eigenvalue weighted by atomic mass is 10.2. The lowest BCUT2D eigenvalue weighted by molar-refractivity contribution is -0.139. The van der Waals surface area contributed by atoms with Gasteiger partial charge in [-0.3, -0.25) is 9.59 Å². The lowest BCUT2D eigenvalue weighted by Gasteiger charge is -2.23. The molecular formula is C20H22FN3O6S. The normalized spacial score (nSPS) is 16.6. The van der Waals surface area contributed by atoms with Crippen molar-refractivity contribution < 1.29 is 31.9 Å². The van der Waals surface area contributed by atoms with Gasteiger partial charge in [0.05, 0.1) is 25.2 Å². The first-order valence-electron chi connectivity index (χ1n) is 9.39. The summed E-state index contributed by atoms with van der Waals surface area (Å²) < 4.78 is 50.3. The number of hydrogen-bond donors (Lipinski definition) is 2. The zero-order chi connectivity index (χ0) is 22.4. The van der Waals surface area contributed by atoms with Crippen molar-refractivity contribution in [2.75, 3.05) is 26.8 Å². The van der Waals surface area contributed by atoms with Gasteiger partial charge < -0.3 is 20.1 Å². The fourth-order valence-electron chi connectivity index (χ4n) is 2.95. The maximum atomic E-state index is 12.9. The molecule has 0 bridgehead atoms. The quantitative estimate of drug-likeness (QED) is 0.597. The molecule has 1 fully saturated rings. The molecule has 1 heterocycles. The average molecular weight is 451 g/mol. The summed E-state index contributed by atoms with van der Waals surface area (Å²) in [4.78, 5) is 24.1. The van der Waals surface area contributed by atoms with E-state index in [4.69, 9.17) is 9.47 Å². The second-order valence-corrected chi connectivity index (χ2v) is 8.53. The number of methoxy groups -OCH3 is 1. The molecule has 1 aliphatic rings. The van der Waals surface area contributed by atoms with Crippen LogP contribution in [0, 0.1) is 5.82 Å². The molecule has 0 aromatic heterocycles. The van der Waals surface area contributed by atoms with Crippen LogP contribution in [0.2, 0.25) is 0 Å². The molecule has 1 aliphatic heterocycles. The molecule has 0 radical (unpaired) electrons. The Hall–Kier alpha value is -3.02. The topological polar surface area (TPSA) is 114 Å². The minimum absolute atomic E-state index is 0.0461. The highest BCUT2D eigenvalue weighted by Gasteiger charge is 2.36. The van der Waals surface area contributed by atoms with Crippen molar-refractivity contribution in [3.63, 3.8) is 0 Å². The van der Waals surface area contributed by atoms with Gasteiger partial charge >= 0.3 is 11.8 Å². The summed E-state index contributed by atoms with van der Waals surface area (Å²) >= 11 is 0. The number of halogens is 1. The van der Waals surface area contributed by atoms with Crippen molar-refractivity contribution in [2.45, 2.75) is 17.7 Å². The molecule has 0 unspecified atom stereocenters. The van der Waals surface area contributed by atoms with Gasteiger partial charge in [0.2, 0.25) is 10.0 Å². The summed E-state index contributed by atoms with van der Waals surface area (Å²) in [6.07, 6.45) is -0.944. The van der Waals surface area contributed by atoms with E-state index in [9.17, 15) is 22.4 Å². The highest BCUT2D eigenvalue weighted by molar-refractivity contribution is 7.89. The van der Waals surface area contributed by atoms with Crippen LogP contribution in [0.4, 0.5) is 4.39 Å². The minimum Gasteiger partial charge on any atom is -0.497 e. The van der Waals surface area contributed by atoms with Crippen molar-refractivity contribution in [2.24, 2.45) is 0 Å². The second-order valence-electron chi connectivity index (χ2n) is 6.64. The maximum absolute atomic E-state index is 12.9. The van der Waals surface area contributed by atoms with Crippen molar-refractivity contribution in [1.82, 2.24) is 14.9 Å². The molecule has 0 aliphatic carbocycles. The molecule has 166 valence electrons. The molecule has 2 amide bonds. The van der Waals surface area contributed by atoms with E-state index in [1.165, 1.54) is 55.6 Å². The summed E-state index contributed by atoms with van der Waals surface area (Å²) in [5.74, 6) is -1.71. The molecule has 31 heavy (non-hydrogen) atoms. The molecule has 0 spiro atoms. The summed E-state index contributed by atoms with van der Waals surface area (Å²) in [6.45, 7) is 0.126. The van der Waals surface area contributed by atoms with E-state index in [0.717, 1.165) is 4.31 Å². The number of ether oxygens (including phenoxy) is 2. The van der Waals surface area contributed by atoms with Crippen LogP contribution in [0.15, 0.2) is 53.4 Å². The van der Waals surface area contributed by atoms with Crippen LogP contribution in [0.1, 0.15) is 5.56 Å². The van der Waals surface area contributed by atoms with E-state index in [1.807, 2.05) is 0 Å². The highest BCUT2D eigenvalue weighted by atomic mass is 32.2. The molecule has 2 N–H and O–H groups in total. The first-order chi connectivity index (χ1) is 14.8. The number of nitrogens with zero attached hydrogens (tertiary/aromatic N) is 1. The first kappa shape index (κ1) is 22.7. The van der Waals surface area contributed by atoms with E-state index >= 15 is 0 Å². The standard InChI is InChI=1S/C20H22FN3O6S/c1-29-16-6-8-17(9-7-16)31(27,28)24-10-11-30-18(24)13-23-20(26)19(25)22-12-14-2-4-15(21)5-3-14/h2-9,18H,10-13H2,1H3,(H,22,25)(H,23,26)/t18-/m0/s1. The van der Waals surface area contributed by atoms with E-state index < -0.39 is 33.9 Å². The van der Waals surface area contributed by atoms with Crippen LogP contribution in [0.5, 0.6) is 5.75 Å². The van der Waals surface area contributed by atoms with Gasteiger partial charge in [-0.25, -0.2) is 12.8 Å². The summed E-state index contributed by atoms with van der Waals surface area (Å²) in [5, 5.41) is 4.79. The minimum atomic E-state index is -3.86. The van der Waals surface area contributed by atoms with Gasteiger partial charge in [0.1, 0.15) is 17.8 Å². The zero-order valence-corrected chi connectivity index (χ0v) is 17.5. The zero-order valence-electron chi connectivity index (χ0n) is 16.7. The Morgan fingerprint density at radius 1 is 1.10 bits per heavy atom. The number of carbonyl (C=O) groups excluding carboxylic acids is 2. The Labute approximate surface area is 179 Å². The van der Waals surface area contributed by atoms with Crippen LogP contribution >= 0.6 is 0 Å². The van der Waals surface area contributed by atoms with E-state index in [1.54, 1.807) is 0 Å². The monoisotopic (exact) mass is 451 g/mol. The van der Waals surface area contributed by atoms with Gasteiger partial charge in [-0.2, -0.15) is 4.31 Å². The molecule has 1 atom stereocenters. The van der Waals surface area contributed by atoms with Gasteiger partial charge in [-0.1, -0.05) is 12.1 Å². The van der Waals surface area contributed by atoms with E-state index in [0.29, 0.717) is 11.3 Å². The molecule has 2 aromatic rings. The Morgan fingerprint density at radius 3 is 2.39 bits per heavy atom. The second kappa shape index (κ2) is 9.86. The summed E-state index contributed by atoms with van der Waals surface area (Å²) in [7, 11) is -2.38.